The SMILES string of the molecule is Nc1cc(Br)ccc1C(=O)Nc1cccc2c1N=[Se]=N2. The fraction of sp³-hybridized carbons (Fsp3) is 0. The van der Waals surface area contributed by atoms with E-state index in [0.29, 0.717) is 16.9 Å². The van der Waals surface area contributed by atoms with Crippen LogP contribution < -0.4 is 11.1 Å². The Morgan fingerprint density at radius 2 is 2.10 bits per heavy atom. The molecule has 0 saturated heterocycles. The van der Waals surface area contributed by atoms with Gasteiger partial charge < -0.3 is 0 Å². The number of nitrogen functional groups attached to an aromatic ring is 1. The van der Waals surface area contributed by atoms with Gasteiger partial charge in [0, 0.05) is 0 Å². The van der Waals surface area contributed by atoms with Crippen LogP contribution in [0.15, 0.2) is 48.8 Å². The minimum atomic E-state index is -0.252. The number of anilines is 2. The van der Waals surface area contributed by atoms with Crippen molar-refractivity contribution in [3.8, 4) is 0 Å². The summed E-state index contributed by atoms with van der Waals surface area (Å²) >= 11 is 3.19. The molecule has 20 heavy (non-hydrogen) atoms. The molecule has 2 aromatic rings. The van der Waals surface area contributed by atoms with E-state index in [1.54, 1.807) is 18.2 Å². The minimum absolute atomic E-state index is 0.125. The third kappa shape index (κ3) is 2.47. The van der Waals surface area contributed by atoms with E-state index in [-0.39, 0.29) is 20.5 Å². The van der Waals surface area contributed by atoms with Crippen molar-refractivity contribution >= 4 is 59.2 Å². The van der Waals surface area contributed by atoms with Gasteiger partial charge in [-0.15, -0.1) is 0 Å². The molecule has 1 aliphatic rings. The van der Waals surface area contributed by atoms with Gasteiger partial charge in [0.1, 0.15) is 0 Å². The first-order valence-corrected chi connectivity index (χ1v) is 8.05. The fourth-order valence-corrected chi connectivity index (χ4v) is 3.37. The van der Waals surface area contributed by atoms with E-state index in [0.717, 1.165) is 15.8 Å². The number of benzene rings is 2. The van der Waals surface area contributed by atoms with Crippen molar-refractivity contribution in [3.63, 3.8) is 0 Å². The Bertz CT molecular complexity index is 784. The molecule has 0 atom stereocenters. The van der Waals surface area contributed by atoms with E-state index in [9.17, 15) is 4.79 Å². The summed E-state index contributed by atoms with van der Waals surface area (Å²) < 4.78 is 9.44. The van der Waals surface area contributed by atoms with Crippen LogP contribution in [0, 0.1) is 0 Å². The second kappa shape index (κ2) is 5.36. The van der Waals surface area contributed by atoms with Gasteiger partial charge in [-0.2, -0.15) is 0 Å². The molecular weight excluding hydrogens is 387 g/mol. The first kappa shape index (κ1) is 13.3. The molecule has 3 rings (SSSR count). The summed E-state index contributed by atoms with van der Waals surface area (Å²) in [7, 11) is 0. The first-order valence-electron chi connectivity index (χ1n) is 5.73. The van der Waals surface area contributed by atoms with Crippen LogP contribution in [0.2, 0.25) is 0 Å². The predicted molar refractivity (Wildman–Crippen MR) is 82.9 cm³/mol. The summed E-state index contributed by atoms with van der Waals surface area (Å²) in [6.45, 7) is 0. The van der Waals surface area contributed by atoms with Crippen molar-refractivity contribution in [1.82, 2.24) is 0 Å². The van der Waals surface area contributed by atoms with Gasteiger partial charge in [-0.25, -0.2) is 0 Å². The molecular formula is C13H9BrN4OSe. The van der Waals surface area contributed by atoms with Crippen LogP contribution in [-0.4, -0.2) is 20.5 Å². The van der Waals surface area contributed by atoms with Crippen LogP contribution in [-0.2, 0) is 0 Å². The Hall–Kier alpha value is -1.69. The zero-order valence-electron chi connectivity index (χ0n) is 10.1. The van der Waals surface area contributed by atoms with Crippen molar-refractivity contribution in [2.45, 2.75) is 0 Å². The van der Waals surface area contributed by atoms with Crippen LogP contribution in [0.5, 0.6) is 0 Å². The molecule has 0 unspecified atom stereocenters. The number of nitrogens with two attached hydrogens (primary N) is 1. The van der Waals surface area contributed by atoms with Crippen LogP contribution >= 0.6 is 15.9 Å². The summed E-state index contributed by atoms with van der Waals surface area (Å²) in [6.07, 6.45) is 0. The van der Waals surface area contributed by atoms with E-state index in [2.05, 4.69) is 29.2 Å². The van der Waals surface area contributed by atoms with Crippen LogP contribution in [0.25, 0.3) is 0 Å². The summed E-state index contributed by atoms with van der Waals surface area (Å²) in [5, 5.41) is 2.84. The molecule has 0 radical (unpaired) electrons. The van der Waals surface area contributed by atoms with E-state index in [1.807, 2.05) is 18.2 Å². The van der Waals surface area contributed by atoms with Gasteiger partial charge in [0.05, 0.1) is 0 Å². The Labute approximate surface area is 129 Å². The zero-order valence-corrected chi connectivity index (χ0v) is 13.4. The number of nitrogens with one attached hydrogen (secondary N) is 1. The van der Waals surface area contributed by atoms with Crippen LogP contribution in [0.4, 0.5) is 22.7 Å². The van der Waals surface area contributed by atoms with Crippen molar-refractivity contribution in [1.29, 1.82) is 0 Å². The van der Waals surface area contributed by atoms with Gasteiger partial charge in [-0.05, 0) is 0 Å². The number of hydrogen-bond donors (Lipinski definition) is 2. The average Bonchev–Trinajstić information content (AvgIpc) is 2.87. The number of nitrogens with zero attached hydrogens (tertiary/aromatic N) is 2. The second-order valence-corrected chi connectivity index (χ2v) is 6.15. The van der Waals surface area contributed by atoms with Crippen molar-refractivity contribution < 1.29 is 4.79 Å². The molecule has 0 aliphatic carbocycles. The molecule has 100 valence electrons. The van der Waals surface area contributed by atoms with Gasteiger partial charge >= 0.3 is 129 Å². The van der Waals surface area contributed by atoms with E-state index < -0.39 is 0 Å². The summed E-state index contributed by atoms with van der Waals surface area (Å²) in [6, 6.07) is 10.7. The third-order valence-corrected chi connectivity index (χ3v) is 4.42. The molecule has 2 aromatic carbocycles. The normalized spacial score (nSPS) is 11.8. The first-order chi connectivity index (χ1) is 9.65. The maximum atomic E-state index is 12.3. The molecule has 1 heterocycles. The molecule has 3 N–H and O–H groups in total. The Kier molecular flexibility index (Phi) is 3.56. The molecule has 0 spiro atoms. The molecule has 0 saturated carbocycles. The van der Waals surface area contributed by atoms with Crippen molar-refractivity contribution in [2.24, 2.45) is 7.92 Å². The molecule has 7 heteroatoms. The van der Waals surface area contributed by atoms with E-state index >= 15 is 0 Å². The molecule has 0 aromatic heterocycles. The summed E-state index contributed by atoms with van der Waals surface area (Å²) in [5.74, 6) is -0.252. The Balaban J connectivity index is 1.91. The number of rotatable bonds is 2. The van der Waals surface area contributed by atoms with Gasteiger partial charge in [0.25, 0.3) is 0 Å². The van der Waals surface area contributed by atoms with Crippen LogP contribution in [0.1, 0.15) is 10.4 Å². The number of halogens is 1. The monoisotopic (exact) mass is 396 g/mol. The standard InChI is InChI=1S/C13H9BrN4OSe/c14-7-4-5-8(9(15)6-7)13(19)16-10-2-1-3-11-12(10)18-20-17-11/h1-6H,15H2,(H,16,19). The Morgan fingerprint density at radius 1 is 1.25 bits per heavy atom. The average molecular weight is 396 g/mol. The van der Waals surface area contributed by atoms with E-state index in [4.69, 9.17) is 5.73 Å². The number of fused-ring (bicyclic) bond motifs is 1. The second-order valence-electron chi connectivity index (χ2n) is 4.12. The molecule has 0 fully saturated rings. The van der Waals surface area contributed by atoms with Crippen LogP contribution in [0.3, 0.4) is 0 Å². The molecule has 5 nitrogen and oxygen atoms in total. The Morgan fingerprint density at radius 3 is 2.90 bits per heavy atom. The summed E-state index contributed by atoms with van der Waals surface area (Å²) in [4.78, 5) is 12.3. The molecule has 1 aliphatic heterocycles. The van der Waals surface area contributed by atoms with Crippen molar-refractivity contribution in [2.75, 3.05) is 11.1 Å². The van der Waals surface area contributed by atoms with E-state index in [1.165, 1.54) is 0 Å². The third-order valence-electron chi connectivity index (χ3n) is 2.79. The van der Waals surface area contributed by atoms with Gasteiger partial charge in [-0.3, -0.25) is 0 Å². The van der Waals surface area contributed by atoms with Crippen molar-refractivity contribution in [3.05, 3.63) is 46.4 Å². The van der Waals surface area contributed by atoms with Gasteiger partial charge in [0.15, 0.2) is 0 Å². The fourth-order valence-electron chi connectivity index (χ4n) is 1.84. The predicted octanol–water partition coefficient (Wildman–Crippen LogP) is 3.63. The number of amides is 1. The summed E-state index contributed by atoms with van der Waals surface area (Å²) in [5.41, 5.74) is 8.96. The number of carbonyl (C=O) groups excluding carboxylic acids is 1. The topological polar surface area (TPSA) is 79.8 Å². The van der Waals surface area contributed by atoms with Gasteiger partial charge in [-0.1, -0.05) is 0 Å². The number of carbonyl (C=O) groups is 1. The quantitative estimate of drug-likeness (QED) is 0.513. The maximum absolute atomic E-state index is 12.3. The molecule has 0 bridgehead atoms. The van der Waals surface area contributed by atoms with Gasteiger partial charge in [0.2, 0.25) is 0 Å². The molecule has 1 amide bonds. The number of hydrogen-bond acceptors (Lipinski definition) is 4. The zero-order chi connectivity index (χ0) is 14.1.